The van der Waals surface area contributed by atoms with Gasteiger partial charge in [0.05, 0.1) is 41.4 Å². The van der Waals surface area contributed by atoms with Crippen LogP contribution in [0.2, 0.25) is 0 Å². The Morgan fingerprint density at radius 3 is 2.58 bits per heavy atom. The molecule has 6 atom stereocenters. The lowest BCUT2D eigenvalue weighted by atomic mass is 9.66. The highest BCUT2D eigenvalue weighted by molar-refractivity contribution is 8.02. The first kappa shape index (κ1) is 29.4. The molecule has 2 unspecified atom stereocenters. The van der Waals surface area contributed by atoms with Crippen LogP contribution in [0.3, 0.4) is 0 Å². The first-order valence-electron chi connectivity index (χ1n) is 14.9. The molecule has 2 bridgehead atoms. The average Bonchev–Trinajstić information content (AvgIpc) is 3.69. The standard InChI is InChI=1S/C31H38N6O5S/c1-5-42-20-12-10-19(11-13-20)33-27(39)24-25-29(41)37(23(16-38)18(2)3)26(31(25)15-14-30(24,4)43-31)28(40)32-17-36-22-9-7-6-8-21(22)34-35-36/h6-13,18,23-26,38H,5,14-17H2,1-4H3,(H,32,40)(H,33,39)/t23-,24+,25-,26?,30-,31?/m0/s1. The minimum Gasteiger partial charge on any atom is -0.494 e. The Labute approximate surface area is 254 Å². The number of benzene rings is 2. The van der Waals surface area contributed by atoms with Crippen molar-refractivity contribution in [3.63, 3.8) is 0 Å². The first-order valence-corrected chi connectivity index (χ1v) is 15.7. The minimum atomic E-state index is -0.852. The van der Waals surface area contributed by atoms with Gasteiger partial charge in [-0.05, 0) is 69.0 Å². The maximum atomic E-state index is 14.4. The van der Waals surface area contributed by atoms with Crippen molar-refractivity contribution in [3.05, 3.63) is 48.5 Å². The zero-order valence-electron chi connectivity index (χ0n) is 24.8. The monoisotopic (exact) mass is 606 g/mol. The molecule has 3 aliphatic heterocycles. The number of carbonyl (C=O) groups excluding carboxylic acids is 3. The molecule has 3 aromatic rings. The first-order chi connectivity index (χ1) is 20.6. The molecular weight excluding hydrogens is 568 g/mol. The number of para-hydroxylation sites is 1. The summed E-state index contributed by atoms with van der Waals surface area (Å²) in [5.41, 5.74) is 2.11. The smallest absolute Gasteiger partial charge is 0.245 e. The van der Waals surface area contributed by atoms with Crippen molar-refractivity contribution in [2.45, 2.75) is 68.8 Å². The van der Waals surface area contributed by atoms with Crippen LogP contribution in [0.5, 0.6) is 5.75 Å². The van der Waals surface area contributed by atoms with Gasteiger partial charge in [0.2, 0.25) is 17.7 Å². The van der Waals surface area contributed by atoms with Crippen molar-refractivity contribution >= 4 is 46.2 Å². The van der Waals surface area contributed by atoms with E-state index in [-0.39, 0.29) is 36.9 Å². The summed E-state index contributed by atoms with van der Waals surface area (Å²) in [5.74, 6) is -1.54. The fraction of sp³-hybridized carbons (Fsp3) is 0.516. The van der Waals surface area contributed by atoms with Crippen LogP contribution in [-0.4, -0.2) is 77.5 Å². The molecule has 1 aromatic heterocycles. The van der Waals surface area contributed by atoms with E-state index in [1.165, 1.54) is 0 Å². The maximum Gasteiger partial charge on any atom is 0.245 e. The van der Waals surface area contributed by atoms with E-state index in [2.05, 4.69) is 20.9 Å². The lowest BCUT2D eigenvalue weighted by molar-refractivity contribution is -0.143. The van der Waals surface area contributed by atoms with Crippen molar-refractivity contribution < 1.29 is 24.2 Å². The molecular formula is C31H38N6O5S. The summed E-state index contributed by atoms with van der Waals surface area (Å²) in [6.07, 6.45) is 1.31. The van der Waals surface area contributed by atoms with Crippen molar-refractivity contribution in [1.82, 2.24) is 25.2 Å². The van der Waals surface area contributed by atoms with E-state index in [4.69, 9.17) is 4.74 Å². The number of rotatable bonds is 10. The number of nitrogens with one attached hydrogen (secondary N) is 2. The highest BCUT2D eigenvalue weighted by atomic mass is 32.2. The summed E-state index contributed by atoms with van der Waals surface area (Å²) >= 11 is 1.60. The Kier molecular flexibility index (Phi) is 7.62. The lowest BCUT2D eigenvalue weighted by Crippen LogP contribution is -2.57. The number of carbonyl (C=O) groups is 3. The van der Waals surface area contributed by atoms with Crippen molar-refractivity contribution in [2.24, 2.45) is 17.8 Å². The molecule has 3 fully saturated rings. The highest BCUT2D eigenvalue weighted by Crippen LogP contribution is 2.71. The number of anilines is 1. The zero-order chi connectivity index (χ0) is 30.5. The molecule has 4 heterocycles. The molecule has 0 saturated carbocycles. The van der Waals surface area contributed by atoms with Crippen LogP contribution >= 0.6 is 11.8 Å². The van der Waals surface area contributed by atoms with E-state index >= 15 is 0 Å². The largest absolute Gasteiger partial charge is 0.494 e. The number of thioether (sulfide) groups is 1. The van der Waals surface area contributed by atoms with Gasteiger partial charge in [-0.15, -0.1) is 16.9 Å². The van der Waals surface area contributed by atoms with Gasteiger partial charge in [0.15, 0.2) is 0 Å². The Hall–Kier alpha value is -3.64. The molecule has 2 aromatic carbocycles. The van der Waals surface area contributed by atoms with Gasteiger partial charge in [-0.2, -0.15) is 0 Å². The second kappa shape index (κ2) is 11.1. The number of amides is 3. The van der Waals surface area contributed by atoms with Crippen LogP contribution in [0.1, 0.15) is 40.5 Å². The number of ether oxygens (including phenoxy) is 1. The molecule has 3 N–H and O–H groups in total. The van der Waals surface area contributed by atoms with Crippen molar-refractivity contribution in [2.75, 3.05) is 18.5 Å². The van der Waals surface area contributed by atoms with Crippen molar-refractivity contribution in [1.29, 1.82) is 0 Å². The number of aliphatic hydroxyl groups excluding tert-OH is 1. The maximum absolute atomic E-state index is 14.4. The third-order valence-corrected chi connectivity index (χ3v) is 11.3. The van der Waals surface area contributed by atoms with Crippen LogP contribution in [0.4, 0.5) is 5.69 Å². The topological polar surface area (TPSA) is 139 Å². The fourth-order valence-electron chi connectivity index (χ4n) is 7.35. The van der Waals surface area contributed by atoms with Crippen LogP contribution in [0, 0.1) is 17.8 Å². The number of nitrogens with zero attached hydrogens (tertiary/aromatic N) is 4. The summed E-state index contributed by atoms with van der Waals surface area (Å²) in [4.78, 5) is 44.2. The third-order valence-electron chi connectivity index (χ3n) is 9.32. The van der Waals surface area contributed by atoms with Gasteiger partial charge in [0, 0.05) is 10.4 Å². The molecule has 3 amide bonds. The van der Waals surface area contributed by atoms with Gasteiger partial charge in [0.1, 0.15) is 24.0 Å². The molecule has 6 rings (SSSR count). The number of hydrogen-bond acceptors (Lipinski definition) is 8. The Morgan fingerprint density at radius 2 is 1.88 bits per heavy atom. The van der Waals surface area contributed by atoms with Gasteiger partial charge in [-0.1, -0.05) is 31.2 Å². The number of hydrogen-bond donors (Lipinski definition) is 3. The Balaban J connectivity index is 1.31. The quantitative estimate of drug-likeness (QED) is 0.320. The second-order valence-corrected chi connectivity index (χ2v) is 14.1. The van der Waals surface area contributed by atoms with Crippen LogP contribution in [0.25, 0.3) is 11.0 Å². The summed E-state index contributed by atoms with van der Waals surface area (Å²) in [5, 5.41) is 24.8. The molecule has 0 radical (unpaired) electrons. The molecule has 11 nitrogen and oxygen atoms in total. The van der Waals surface area contributed by atoms with Crippen LogP contribution in [0.15, 0.2) is 48.5 Å². The van der Waals surface area contributed by atoms with E-state index in [0.717, 1.165) is 5.52 Å². The normalized spacial score (nSPS) is 28.4. The number of likely N-dealkylation sites (tertiary alicyclic amines) is 1. The average molecular weight is 607 g/mol. The summed E-state index contributed by atoms with van der Waals surface area (Å²) in [6.45, 7) is 8.14. The SMILES string of the molecule is CCOc1ccc(NC(=O)[C@H]2[C@H]3C(=O)N([C@@H](CO)C(C)C)C(C(=O)NCn4nnc5ccccc54)C34CC[C@]2(C)S4)cc1. The Morgan fingerprint density at radius 1 is 1.14 bits per heavy atom. The molecule has 228 valence electrons. The van der Waals surface area contributed by atoms with Gasteiger partial charge in [-0.25, -0.2) is 4.68 Å². The van der Waals surface area contributed by atoms with Gasteiger partial charge in [-0.3, -0.25) is 14.4 Å². The predicted octanol–water partition coefficient (Wildman–Crippen LogP) is 3.04. The molecule has 1 spiro atoms. The second-order valence-electron chi connectivity index (χ2n) is 12.2. The predicted molar refractivity (Wildman–Crippen MR) is 163 cm³/mol. The van der Waals surface area contributed by atoms with Crippen LogP contribution < -0.4 is 15.4 Å². The Bertz CT molecular complexity index is 1540. The van der Waals surface area contributed by atoms with Gasteiger partial charge in [0.25, 0.3) is 0 Å². The number of aliphatic hydroxyl groups is 1. The summed E-state index contributed by atoms with van der Waals surface area (Å²) in [7, 11) is 0. The zero-order valence-corrected chi connectivity index (χ0v) is 25.6. The van der Waals surface area contributed by atoms with E-state index < -0.39 is 33.4 Å². The number of aromatic nitrogens is 3. The third kappa shape index (κ3) is 4.75. The highest BCUT2D eigenvalue weighted by Gasteiger charge is 2.77. The van der Waals surface area contributed by atoms with E-state index in [9.17, 15) is 19.5 Å². The summed E-state index contributed by atoms with van der Waals surface area (Å²) in [6, 6.07) is 13.2. The van der Waals surface area contributed by atoms with E-state index in [1.54, 1.807) is 45.6 Å². The minimum absolute atomic E-state index is 0.0771. The van der Waals surface area contributed by atoms with E-state index in [0.29, 0.717) is 36.4 Å². The molecule has 43 heavy (non-hydrogen) atoms. The molecule has 3 saturated heterocycles. The van der Waals surface area contributed by atoms with Crippen molar-refractivity contribution in [3.8, 4) is 5.75 Å². The van der Waals surface area contributed by atoms with Crippen LogP contribution in [-0.2, 0) is 21.1 Å². The number of fused-ring (bicyclic) bond motifs is 2. The lowest BCUT2D eigenvalue weighted by Gasteiger charge is -2.38. The molecule has 12 heteroatoms. The van der Waals surface area contributed by atoms with Gasteiger partial charge >= 0.3 is 0 Å². The molecule has 0 aliphatic carbocycles. The summed E-state index contributed by atoms with van der Waals surface area (Å²) < 4.78 is 5.81. The van der Waals surface area contributed by atoms with E-state index in [1.807, 2.05) is 52.0 Å². The molecule has 3 aliphatic rings. The van der Waals surface area contributed by atoms with Gasteiger partial charge < -0.3 is 25.4 Å². The fourth-order valence-corrected chi connectivity index (χ4v) is 9.69.